The SMILES string of the molecule is CN1C(=O)NC2C(CCCCC(=O)NCCCCC(NC(=O)C(CNC(=O)c3ccc(C4(C(F)(F)F)N=N4)cc3)NC(=O)Cn3c(=O)n(-c4cccc(F)c4)c(=O)c4cnc(NCCc5cccc(F)c5)nc43)C(N)=O)SCC21. The lowest BCUT2D eigenvalue weighted by atomic mass is 10.0. The summed E-state index contributed by atoms with van der Waals surface area (Å²) in [4.78, 5) is 118. The van der Waals surface area contributed by atoms with E-state index in [1.54, 1.807) is 18.0 Å². The van der Waals surface area contributed by atoms with Crippen molar-refractivity contribution in [2.24, 2.45) is 16.0 Å². The molecule has 5 heterocycles. The van der Waals surface area contributed by atoms with Crippen LogP contribution < -0.4 is 48.9 Å². The number of unbranched alkanes of at least 4 members (excludes halogenated alkanes) is 2. The Morgan fingerprint density at radius 1 is 0.873 bits per heavy atom. The number of likely N-dealkylation sites (N-methyl/N-ethyl adjacent to an activating group) is 1. The van der Waals surface area contributed by atoms with Crippen molar-refractivity contribution < 1.29 is 50.7 Å². The monoisotopic (exact) mass is 1120 g/mol. The molecule has 8 N–H and O–H groups in total. The van der Waals surface area contributed by atoms with Crippen molar-refractivity contribution in [2.45, 2.75) is 99.2 Å². The van der Waals surface area contributed by atoms with E-state index in [0.29, 0.717) is 29.4 Å². The number of primary amides is 1. The first-order valence-electron chi connectivity index (χ1n) is 25.2. The summed E-state index contributed by atoms with van der Waals surface area (Å²) in [5, 5.41) is 22.4. The van der Waals surface area contributed by atoms with Gasteiger partial charge >= 0.3 is 23.6 Å². The number of aromatic nitrogens is 4. The largest absolute Gasteiger partial charge is 0.442 e. The molecule has 2 aromatic heterocycles. The normalized spacial score (nSPS) is 17.8. The van der Waals surface area contributed by atoms with Crippen molar-refractivity contribution in [3.63, 3.8) is 0 Å². The molecular formula is C51H55F5N14O8S. The number of halogens is 5. The van der Waals surface area contributed by atoms with Crippen LogP contribution in [0.4, 0.5) is 32.7 Å². The van der Waals surface area contributed by atoms with Crippen LogP contribution in [0.5, 0.6) is 0 Å². The van der Waals surface area contributed by atoms with Gasteiger partial charge in [-0.25, -0.2) is 27.9 Å². The number of nitrogens with two attached hydrogens (primary N) is 1. The lowest BCUT2D eigenvalue weighted by molar-refractivity contribution is -0.166. The van der Waals surface area contributed by atoms with Crippen molar-refractivity contribution in [2.75, 3.05) is 37.8 Å². The van der Waals surface area contributed by atoms with E-state index in [1.165, 1.54) is 30.3 Å². The van der Waals surface area contributed by atoms with Crippen LogP contribution in [0.1, 0.15) is 66.4 Å². The molecule has 3 aliphatic rings. The van der Waals surface area contributed by atoms with E-state index in [2.05, 4.69) is 52.1 Å². The van der Waals surface area contributed by atoms with Gasteiger partial charge in [-0.1, -0.05) is 36.8 Å². The molecule has 3 aromatic carbocycles. The number of anilines is 1. The molecule has 418 valence electrons. The maximum atomic E-state index is 14.5. The number of urea groups is 1. The molecule has 5 atom stereocenters. The lowest BCUT2D eigenvalue weighted by Crippen LogP contribution is -2.57. The molecule has 3 aliphatic heterocycles. The second-order valence-electron chi connectivity index (χ2n) is 19.1. The number of carbonyl (C=O) groups is 6. The molecule has 5 unspecified atom stereocenters. The van der Waals surface area contributed by atoms with Gasteiger partial charge in [0.05, 0.1) is 17.8 Å². The number of benzene rings is 3. The minimum absolute atomic E-state index is 0.0252. The molecule has 8 rings (SSSR count). The van der Waals surface area contributed by atoms with Gasteiger partial charge in [0.2, 0.25) is 29.6 Å². The van der Waals surface area contributed by atoms with Crippen LogP contribution in [-0.4, -0.2) is 128 Å². The highest BCUT2D eigenvalue weighted by Gasteiger charge is 2.65. The number of carbonyl (C=O) groups excluding carboxylic acids is 6. The topological polar surface area (TPSA) is 298 Å². The number of fused-ring (bicyclic) bond motifs is 2. The summed E-state index contributed by atoms with van der Waals surface area (Å²) in [7, 11) is 1.79. The van der Waals surface area contributed by atoms with Crippen LogP contribution in [0.15, 0.2) is 98.8 Å². The van der Waals surface area contributed by atoms with E-state index in [1.807, 2.05) is 11.8 Å². The van der Waals surface area contributed by atoms with Crippen LogP contribution in [0.3, 0.4) is 0 Å². The van der Waals surface area contributed by atoms with E-state index in [0.717, 1.165) is 65.8 Å². The van der Waals surface area contributed by atoms with Gasteiger partial charge in [-0.15, -0.1) is 10.2 Å². The van der Waals surface area contributed by atoms with Crippen molar-refractivity contribution in [1.29, 1.82) is 0 Å². The van der Waals surface area contributed by atoms with Gasteiger partial charge in [-0.2, -0.15) is 29.9 Å². The Bertz CT molecular complexity index is 3280. The highest BCUT2D eigenvalue weighted by Crippen LogP contribution is 2.52. The minimum atomic E-state index is -4.84. The predicted molar refractivity (Wildman–Crippen MR) is 278 cm³/mol. The molecule has 2 fully saturated rings. The van der Waals surface area contributed by atoms with Gasteiger partial charge in [0, 0.05) is 61.4 Å². The average molecular weight is 1120 g/mol. The lowest BCUT2D eigenvalue weighted by Gasteiger charge is -2.23. The maximum absolute atomic E-state index is 14.5. The Morgan fingerprint density at radius 2 is 1.61 bits per heavy atom. The van der Waals surface area contributed by atoms with Crippen LogP contribution in [0.2, 0.25) is 0 Å². The molecule has 2 saturated heterocycles. The first-order valence-corrected chi connectivity index (χ1v) is 26.2. The summed E-state index contributed by atoms with van der Waals surface area (Å²) >= 11 is 1.81. The third kappa shape index (κ3) is 13.5. The van der Waals surface area contributed by atoms with E-state index in [9.17, 15) is 60.3 Å². The number of alkyl halides is 3. The number of hydrogen-bond acceptors (Lipinski definition) is 14. The quantitative estimate of drug-likeness (QED) is 0.0252. The zero-order valence-corrected chi connectivity index (χ0v) is 43.2. The van der Waals surface area contributed by atoms with Crippen LogP contribution >= 0.6 is 11.8 Å². The van der Waals surface area contributed by atoms with Crippen molar-refractivity contribution >= 4 is 64.3 Å². The van der Waals surface area contributed by atoms with Gasteiger partial charge in [-0.05, 0) is 86.6 Å². The van der Waals surface area contributed by atoms with E-state index < -0.39 is 83.5 Å². The van der Waals surface area contributed by atoms with E-state index >= 15 is 0 Å². The van der Waals surface area contributed by atoms with Crippen molar-refractivity contribution in [3.8, 4) is 5.69 Å². The van der Waals surface area contributed by atoms with E-state index in [4.69, 9.17) is 5.73 Å². The molecule has 7 amide bonds. The molecule has 0 saturated carbocycles. The number of nitrogens with one attached hydrogen (secondary N) is 6. The second kappa shape index (κ2) is 24.6. The first kappa shape index (κ1) is 56.9. The highest BCUT2D eigenvalue weighted by molar-refractivity contribution is 8.00. The summed E-state index contributed by atoms with van der Waals surface area (Å²) in [6, 6.07) is 11.5. The third-order valence-electron chi connectivity index (χ3n) is 13.6. The van der Waals surface area contributed by atoms with Crippen molar-refractivity contribution in [1.82, 2.24) is 50.6 Å². The van der Waals surface area contributed by atoms with Gasteiger partial charge in [0.15, 0.2) is 5.65 Å². The third-order valence-corrected chi connectivity index (χ3v) is 15.1. The van der Waals surface area contributed by atoms with Crippen LogP contribution in [0.25, 0.3) is 16.7 Å². The predicted octanol–water partition coefficient (Wildman–Crippen LogP) is 3.30. The Morgan fingerprint density at radius 3 is 2.30 bits per heavy atom. The summed E-state index contributed by atoms with van der Waals surface area (Å²) in [6.07, 6.45) is -0.273. The molecule has 0 bridgehead atoms. The number of amides is 7. The Labute approximate surface area is 451 Å². The zero-order chi connectivity index (χ0) is 56.6. The molecule has 0 spiro atoms. The average Bonchev–Trinajstić information content (AvgIpc) is 4.27. The molecule has 28 heteroatoms. The second-order valence-corrected chi connectivity index (χ2v) is 20.4. The van der Waals surface area contributed by atoms with Crippen molar-refractivity contribution in [3.05, 3.63) is 128 Å². The Hall–Kier alpha value is -8.30. The van der Waals surface area contributed by atoms with Crippen LogP contribution in [-0.2, 0) is 37.8 Å². The van der Waals surface area contributed by atoms with Gasteiger partial charge in [0.25, 0.3) is 11.5 Å². The van der Waals surface area contributed by atoms with Gasteiger partial charge in [-0.3, -0.25) is 33.3 Å². The summed E-state index contributed by atoms with van der Waals surface area (Å²) in [5.74, 6) is -4.70. The number of hydrogen-bond donors (Lipinski definition) is 7. The molecular weight excluding hydrogens is 1060 g/mol. The fraction of sp³-hybridized carbons (Fsp3) is 0.412. The zero-order valence-electron chi connectivity index (χ0n) is 42.4. The highest BCUT2D eigenvalue weighted by atomic mass is 32.2. The summed E-state index contributed by atoms with van der Waals surface area (Å²) < 4.78 is 70.7. The Kier molecular flexibility index (Phi) is 17.7. The van der Waals surface area contributed by atoms with Crippen LogP contribution in [0, 0.1) is 11.6 Å². The molecule has 22 nitrogen and oxygen atoms in total. The number of rotatable bonds is 25. The molecule has 79 heavy (non-hydrogen) atoms. The van der Waals surface area contributed by atoms with Gasteiger partial charge in [0.1, 0.15) is 35.6 Å². The molecule has 5 aromatic rings. The summed E-state index contributed by atoms with van der Waals surface area (Å²) in [5.41, 5.74) is 0.308. The maximum Gasteiger partial charge on any atom is 0.442 e. The fourth-order valence-electron chi connectivity index (χ4n) is 9.27. The standard InChI is InChI=1S/C51H55F5N14O8S/c1-68-37-27-79-38(41(37)64-48(68)77)13-2-3-14-39(71)58-20-5-4-12-35(42(57)73)63-45(75)36(25-60-44(74)29-15-17-30(18-16-29)50(66-67-50)51(54,55)56)62-40(72)26-69-43-34(46(76)70(49(69)78)33-11-7-10-32(53)23-33)24-61-47(65-43)59-21-19-28-8-6-9-31(52)22-28/h6-11,15-18,22-24,35-38,41H,2-5,12-14,19-21,25-27H2,1H3,(H2,57,73)(H,58,71)(H,60,74)(H,62,72)(H,63,75)(H,64,77)(H,59,61,65). The summed E-state index contributed by atoms with van der Waals surface area (Å²) in [6.45, 7) is -1.28. The number of thioether (sulfide) groups is 1. The number of nitrogens with zero attached hydrogens (tertiary/aromatic N) is 7. The smallest absolute Gasteiger partial charge is 0.368 e. The van der Waals surface area contributed by atoms with Gasteiger partial charge < -0.3 is 42.5 Å². The van der Waals surface area contributed by atoms with E-state index in [-0.39, 0.29) is 95.4 Å². The minimum Gasteiger partial charge on any atom is -0.368 e. The fourth-order valence-corrected chi connectivity index (χ4v) is 10.9. The molecule has 0 aliphatic carbocycles. The first-order chi connectivity index (χ1) is 37.7. The Balaban J connectivity index is 0.945. The molecule has 0 radical (unpaired) electrons.